The summed E-state index contributed by atoms with van der Waals surface area (Å²) in [5.41, 5.74) is 0. The fourth-order valence-corrected chi connectivity index (χ4v) is 1.84. The minimum atomic E-state index is 0.597. The van der Waals surface area contributed by atoms with Gasteiger partial charge in [0.15, 0.2) is 0 Å². The summed E-state index contributed by atoms with van der Waals surface area (Å²) < 4.78 is 2.00. The number of aromatic nitrogens is 3. The van der Waals surface area contributed by atoms with Crippen LogP contribution in [-0.4, -0.2) is 45.8 Å². The van der Waals surface area contributed by atoms with Gasteiger partial charge in [-0.3, -0.25) is 0 Å². The van der Waals surface area contributed by atoms with Crippen molar-refractivity contribution in [3.05, 3.63) is 12.2 Å². The number of hydrogen-bond acceptors (Lipinski definition) is 4. The van der Waals surface area contributed by atoms with E-state index in [1.165, 1.54) is 0 Å². The molecule has 0 saturated carbocycles. The average Bonchev–Trinajstić information content (AvgIpc) is 2.75. The van der Waals surface area contributed by atoms with Gasteiger partial charge in [-0.25, -0.2) is 9.67 Å². The van der Waals surface area contributed by atoms with Gasteiger partial charge in [0.1, 0.15) is 12.2 Å². The summed E-state index contributed by atoms with van der Waals surface area (Å²) >= 11 is 0. The third kappa shape index (κ3) is 6.16. The summed E-state index contributed by atoms with van der Waals surface area (Å²) in [6.07, 6.45) is 2.80. The van der Waals surface area contributed by atoms with Gasteiger partial charge >= 0.3 is 0 Å². The predicted molar refractivity (Wildman–Crippen MR) is 78.9 cm³/mol. The summed E-state index contributed by atoms with van der Waals surface area (Å²) in [6, 6.07) is 0.620. The normalized spacial score (nSPS) is 12.0. The number of nitrogens with zero attached hydrogens (tertiary/aromatic N) is 4. The Morgan fingerprint density at radius 1 is 1.32 bits per heavy atom. The SMILES string of the molecule is CC(C)Cn1ncnc1CNCCCN(C)C(C)C. The molecule has 0 unspecified atom stereocenters. The Bertz CT molecular complexity index is 345. The lowest BCUT2D eigenvalue weighted by atomic mass is 10.2. The van der Waals surface area contributed by atoms with Crippen molar-refractivity contribution in [1.29, 1.82) is 0 Å². The molecular formula is C14H29N5. The largest absolute Gasteiger partial charge is 0.310 e. The Morgan fingerprint density at radius 3 is 2.68 bits per heavy atom. The van der Waals surface area contributed by atoms with Crippen LogP contribution in [0.25, 0.3) is 0 Å². The van der Waals surface area contributed by atoms with Crippen LogP contribution >= 0.6 is 0 Å². The maximum Gasteiger partial charge on any atom is 0.140 e. The van der Waals surface area contributed by atoms with Gasteiger partial charge in [-0.15, -0.1) is 0 Å². The molecule has 0 aliphatic rings. The minimum Gasteiger partial charge on any atom is -0.310 e. The van der Waals surface area contributed by atoms with Crippen LogP contribution < -0.4 is 5.32 Å². The molecule has 1 aromatic rings. The number of hydrogen-bond donors (Lipinski definition) is 1. The molecule has 5 nitrogen and oxygen atoms in total. The van der Waals surface area contributed by atoms with Crippen molar-refractivity contribution in [3.63, 3.8) is 0 Å². The quantitative estimate of drug-likeness (QED) is 0.693. The fourth-order valence-electron chi connectivity index (χ4n) is 1.84. The van der Waals surface area contributed by atoms with Crippen LogP contribution in [-0.2, 0) is 13.1 Å². The molecule has 0 aromatic carbocycles. The Balaban J connectivity index is 2.21. The van der Waals surface area contributed by atoms with E-state index in [1.54, 1.807) is 6.33 Å². The van der Waals surface area contributed by atoms with Gasteiger partial charge < -0.3 is 10.2 Å². The second-order valence-corrected chi connectivity index (χ2v) is 5.86. The summed E-state index contributed by atoms with van der Waals surface area (Å²) in [5, 5.41) is 7.71. The molecule has 5 heteroatoms. The molecule has 0 fully saturated rings. The first-order chi connectivity index (χ1) is 9.00. The van der Waals surface area contributed by atoms with Gasteiger partial charge in [-0.1, -0.05) is 13.8 Å². The van der Waals surface area contributed by atoms with E-state index in [0.29, 0.717) is 12.0 Å². The van der Waals surface area contributed by atoms with Crippen molar-refractivity contribution in [2.45, 2.75) is 53.2 Å². The van der Waals surface area contributed by atoms with Gasteiger partial charge in [-0.2, -0.15) is 5.10 Å². The molecule has 0 saturated heterocycles. The summed E-state index contributed by atoms with van der Waals surface area (Å²) in [4.78, 5) is 6.67. The smallest absolute Gasteiger partial charge is 0.140 e. The highest BCUT2D eigenvalue weighted by Gasteiger charge is 2.06. The maximum atomic E-state index is 4.31. The van der Waals surface area contributed by atoms with Crippen molar-refractivity contribution < 1.29 is 0 Å². The first-order valence-corrected chi connectivity index (χ1v) is 7.28. The van der Waals surface area contributed by atoms with Crippen molar-refractivity contribution in [2.75, 3.05) is 20.1 Å². The maximum absolute atomic E-state index is 4.31. The molecule has 0 amide bonds. The second kappa shape index (κ2) is 8.27. The lowest BCUT2D eigenvalue weighted by molar-refractivity contribution is 0.269. The van der Waals surface area contributed by atoms with E-state index in [0.717, 1.165) is 38.4 Å². The second-order valence-electron chi connectivity index (χ2n) is 5.86. The number of nitrogens with one attached hydrogen (secondary N) is 1. The van der Waals surface area contributed by atoms with Gasteiger partial charge in [0.2, 0.25) is 0 Å². The van der Waals surface area contributed by atoms with E-state index in [2.05, 4.69) is 55.0 Å². The zero-order valence-corrected chi connectivity index (χ0v) is 13.1. The molecule has 110 valence electrons. The molecule has 1 aromatic heterocycles. The molecule has 0 aliphatic heterocycles. The zero-order chi connectivity index (χ0) is 14.3. The molecule has 0 aliphatic carbocycles. The third-order valence-corrected chi connectivity index (χ3v) is 3.26. The Labute approximate surface area is 117 Å². The standard InChI is InChI=1S/C14H29N5/c1-12(2)10-19-14(16-11-17-19)9-15-7-6-8-18(5)13(3)4/h11-13,15H,6-10H2,1-5H3. The lowest BCUT2D eigenvalue weighted by Gasteiger charge is -2.20. The zero-order valence-electron chi connectivity index (χ0n) is 13.1. The molecule has 0 spiro atoms. The van der Waals surface area contributed by atoms with E-state index in [1.807, 2.05) is 4.68 Å². The van der Waals surface area contributed by atoms with Crippen LogP contribution in [0.15, 0.2) is 6.33 Å². The van der Waals surface area contributed by atoms with Gasteiger partial charge in [0.25, 0.3) is 0 Å². The van der Waals surface area contributed by atoms with Crippen molar-refractivity contribution in [3.8, 4) is 0 Å². The van der Waals surface area contributed by atoms with Gasteiger partial charge in [-0.05, 0) is 46.3 Å². The highest BCUT2D eigenvalue weighted by molar-refractivity contribution is 4.84. The average molecular weight is 267 g/mol. The summed E-state index contributed by atoms with van der Waals surface area (Å²) in [5.74, 6) is 1.63. The molecule has 1 rings (SSSR count). The Hall–Kier alpha value is -0.940. The summed E-state index contributed by atoms with van der Waals surface area (Å²) in [6.45, 7) is 12.7. The number of rotatable bonds is 9. The molecule has 0 bridgehead atoms. The van der Waals surface area contributed by atoms with E-state index < -0.39 is 0 Å². The van der Waals surface area contributed by atoms with Crippen molar-refractivity contribution >= 4 is 0 Å². The van der Waals surface area contributed by atoms with Crippen LogP contribution in [0.3, 0.4) is 0 Å². The van der Waals surface area contributed by atoms with Crippen LogP contribution in [0.1, 0.15) is 39.9 Å². The Kier molecular flexibility index (Phi) is 7.02. The molecule has 19 heavy (non-hydrogen) atoms. The first kappa shape index (κ1) is 16.1. The minimum absolute atomic E-state index is 0.597. The highest BCUT2D eigenvalue weighted by Crippen LogP contribution is 2.01. The van der Waals surface area contributed by atoms with Gasteiger partial charge in [0, 0.05) is 12.6 Å². The highest BCUT2D eigenvalue weighted by atomic mass is 15.3. The topological polar surface area (TPSA) is 46.0 Å². The lowest BCUT2D eigenvalue weighted by Crippen LogP contribution is -2.29. The van der Waals surface area contributed by atoms with Gasteiger partial charge in [0.05, 0.1) is 6.54 Å². The monoisotopic (exact) mass is 267 g/mol. The van der Waals surface area contributed by atoms with Crippen LogP contribution in [0, 0.1) is 5.92 Å². The predicted octanol–water partition coefficient (Wildman–Crippen LogP) is 1.75. The molecular weight excluding hydrogens is 238 g/mol. The fraction of sp³-hybridized carbons (Fsp3) is 0.857. The molecule has 1 heterocycles. The van der Waals surface area contributed by atoms with Crippen LogP contribution in [0.4, 0.5) is 0 Å². The van der Waals surface area contributed by atoms with E-state index in [-0.39, 0.29) is 0 Å². The van der Waals surface area contributed by atoms with E-state index in [9.17, 15) is 0 Å². The van der Waals surface area contributed by atoms with E-state index in [4.69, 9.17) is 0 Å². The molecule has 0 atom stereocenters. The summed E-state index contributed by atoms with van der Waals surface area (Å²) in [7, 11) is 2.17. The molecule has 1 N–H and O–H groups in total. The first-order valence-electron chi connectivity index (χ1n) is 7.28. The van der Waals surface area contributed by atoms with Crippen LogP contribution in [0.5, 0.6) is 0 Å². The van der Waals surface area contributed by atoms with Crippen LogP contribution in [0.2, 0.25) is 0 Å². The Morgan fingerprint density at radius 2 is 2.05 bits per heavy atom. The van der Waals surface area contributed by atoms with Crippen molar-refractivity contribution in [2.24, 2.45) is 5.92 Å². The van der Waals surface area contributed by atoms with E-state index >= 15 is 0 Å². The van der Waals surface area contributed by atoms with Crippen molar-refractivity contribution in [1.82, 2.24) is 25.0 Å². The third-order valence-electron chi connectivity index (χ3n) is 3.26. The molecule has 0 radical (unpaired) electrons.